The predicted molar refractivity (Wildman–Crippen MR) is 73.9 cm³/mol. The number of allylic oxidation sites excluding steroid dienone is 2. The number of fused-ring (bicyclic) bond motifs is 1. The third-order valence-corrected chi connectivity index (χ3v) is 4.10. The van der Waals surface area contributed by atoms with Crippen LogP contribution < -0.4 is 4.74 Å². The Kier molecular flexibility index (Phi) is 3.30. The van der Waals surface area contributed by atoms with E-state index in [1.165, 1.54) is 4.90 Å². The molecule has 104 valence electrons. The van der Waals surface area contributed by atoms with Crippen molar-refractivity contribution in [3.63, 3.8) is 0 Å². The highest BCUT2D eigenvalue weighted by Gasteiger charge is 2.46. The summed E-state index contributed by atoms with van der Waals surface area (Å²) in [4.78, 5) is 26.1. The van der Waals surface area contributed by atoms with Crippen molar-refractivity contribution in [1.29, 1.82) is 0 Å². The molecule has 2 amide bonds. The highest BCUT2D eigenvalue weighted by atomic mass is 16.5. The molecular weight excluding hydrogens is 254 g/mol. The second-order valence-electron chi connectivity index (χ2n) is 5.27. The van der Waals surface area contributed by atoms with Gasteiger partial charge < -0.3 is 4.74 Å². The quantitative estimate of drug-likeness (QED) is 0.625. The smallest absolute Gasteiger partial charge is 0.233 e. The largest absolute Gasteiger partial charge is 0.497 e. The Morgan fingerprint density at radius 2 is 1.60 bits per heavy atom. The summed E-state index contributed by atoms with van der Waals surface area (Å²) in [5.74, 6) is 0.419. The number of carbonyl (C=O) groups excluding carboxylic acids is 2. The number of likely N-dealkylation sites (tertiary alicyclic amines) is 1. The van der Waals surface area contributed by atoms with Crippen LogP contribution in [-0.4, -0.2) is 23.8 Å². The summed E-state index contributed by atoms with van der Waals surface area (Å²) in [5, 5.41) is 0. The van der Waals surface area contributed by atoms with Crippen molar-refractivity contribution in [3.8, 4) is 5.75 Å². The highest BCUT2D eigenvalue weighted by molar-refractivity contribution is 6.05. The number of nitrogens with zero attached hydrogens (tertiary/aromatic N) is 1. The minimum absolute atomic E-state index is 0.0276. The maximum absolute atomic E-state index is 12.3. The Morgan fingerprint density at radius 3 is 2.10 bits per heavy atom. The number of carbonyl (C=O) groups is 2. The molecule has 1 heterocycles. The lowest BCUT2D eigenvalue weighted by Gasteiger charge is -2.15. The Bertz CT molecular complexity index is 536. The fraction of sp³-hybridized carbons (Fsp3) is 0.375. The number of imide groups is 1. The molecule has 3 rings (SSSR count). The van der Waals surface area contributed by atoms with E-state index in [-0.39, 0.29) is 23.7 Å². The summed E-state index contributed by atoms with van der Waals surface area (Å²) in [6.45, 7) is 0.356. The number of hydrogen-bond acceptors (Lipinski definition) is 3. The summed E-state index contributed by atoms with van der Waals surface area (Å²) < 4.78 is 5.10. The molecule has 0 unspecified atom stereocenters. The van der Waals surface area contributed by atoms with Crippen LogP contribution in [0.25, 0.3) is 0 Å². The van der Waals surface area contributed by atoms with Gasteiger partial charge in [-0.15, -0.1) is 0 Å². The first kappa shape index (κ1) is 12.9. The Hall–Kier alpha value is -2.10. The molecule has 1 aromatic rings. The Labute approximate surface area is 118 Å². The molecule has 1 fully saturated rings. The van der Waals surface area contributed by atoms with Gasteiger partial charge in [0.05, 0.1) is 25.5 Å². The molecule has 0 bridgehead atoms. The lowest BCUT2D eigenvalue weighted by atomic mass is 9.85. The molecule has 1 saturated heterocycles. The van der Waals surface area contributed by atoms with Crippen LogP contribution in [-0.2, 0) is 16.1 Å². The molecule has 1 aliphatic carbocycles. The summed E-state index contributed by atoms with van der Waals surface area (Å²) in [7, 11) is 1.61. The summed E-state index contributed by atoms with van der Waals surface area (Å²) >= 11 is 0. The maximum Gasteiger partial charge on any atom is 0.233 e. The molecule has 0 N–H and O–H groups in total. The van der Waals surface area contributed by atoms with E-state index < -0.39 is 0 Å². The summed E-state index contributed by atoms with van der Waals surface area (Å²) in [6, 6.07) is 7.46. The van der Waals surface area contributed by atoms with Gasteiger partial charge in [-0.2, -0.15) is 0 Å². The fourth-order valence-electron chi connectivity index (χ4n) is 2.94. The zero-order valence-corrected chi connectivity index (χ0v) is 11.4. The number of methoxy groups -OCH3 is 1. The maximum atomic E-state index is 12.3. The zero-order chi connectivity index (χ0) is 14.1. The lowest BCUT2D eigenvalue weighted by molar-refractivity contribution is -0.140. The average Bonchev–Trinajstić information content (AvgIpc) is 2.74. The van der Waals surface area contributed by atoms with Crippen LogP contribution in [0.15, 0.2) is 36.4 Å². The molecule has 1 aliphatic heterocycles. The van der Waals surface area contributed by atoms with Crippen LogP contribution in [0.4, 0.5) is 0 Å². The first-order valence-corrected chi connectivity index (χ1v) is 6.84. The Balaban J connectivity index is 1.77. The number of ether oxygens (including phenoxy) is 1. The number of hydrogen-bond donors (Lipinski definition) is 0. The van der Waals surface area contributed by atoms with Gasteiger partial charge in [-0.05, 0) is 30.5 Å². The molecule has 0 saturated carbocycles. The number of benzene rings is 1. The molecule has 1 aromatic carbocycles. The van der Waals surface area contributed by atoms with Crippen molar-refractivity contribution < 1.29 is 14.3 Å². The SMILES string of the molecule is COc1ccc(CN2C(=O)[C@@H]3CC=CC[C@H]3C2=O)cc1. The minimum atomic E-state index is -0.147. The van der Waals surface area contributed by atoms with Crippen molar-refractivity contribution in [2.75, 3.05) is 7.11 Å². The molecule has 2 aliphatic rings. The number of amides is 2. The molecule has 2 atom stereocenters. The lowest BCUT2D eigenvalue weighted by Crippen LogP contribution is -2.30. The van der Waals surface area contributed by atoms with Crippen LogP contribution >= 0.6 is 0 Å². The minimum Gasteiger partial charge on any atom is -0.497 e. The third-order valence-electron chi connectivity index (χ3n) is 4.10. The van der Waals surface area contributed by atoms with Gasteiger partial charge >= 0.3 is 0 Å². The average molecular weight is 271 g/mol. The van der Waals surface area contributed by atoms with Gasteiger partial charge in [0.1, 0.15) is 5.75 Å². The van der Waals surface area contributed by atoms with Gasteiger partial charge in [-0.3, -0.25) is 14.5 Å². The van der Waals surface area contributed by atoms with Gasteiger partial charge in [0.25, 0.3) is 0 Å². The van der Waals surface area contributed by atoms with Crippen LogP contribution in [0.3, 0.4) is 0 Å². The van der Waals surface area contributed by atoms with E-state index in [1.54, 1.807) is 7.11 Å². The van der Waals surface area contributed by atoms with Crippen molar-refractivity contribution in [2.24, 2.45) is 11.8 Å². The van der Waals surface area contributed by atoms with E-state index in [9.17, 15) is 9.59 Å². The monoisotopic (exact) mass is 271 g/mol. The standard InChI is InChI=1S/C16H17NO3/c1-20-12-8-6-11(7-9-12)10-17-15(18)13-4-2-3-5-14(13)16(17)19/h2-3,6-9,13-14H,4-5,10H2,1H3/t13-,14-/m1/s1. The van der Waals surface area contributed by atoms with E-state index in [4.69, 9.17) is 4.74 Å². The molecule has 0 spiro atoms. The van der Waals surface area contributed by atoms with Crippen molar-refractivity contribution in [2.45, 2.75) is 19.4 Å². The van der Waals surface area contributed by atoms with Crippen LogP contribution in [0.5, 0.6) is 5.75 Å². The van der Waals surface area contributed by atoms with E-state index >= 15 is 0 Å². The highest BCUT2D eigenvalue weighted by Crippen LogP contribution is 2.35. The van der Waals surface area contributed by atoms with E-state index in [2.05, 4.69) is 0 Å². The van der Waals surface area contributed by atoms with Gasteiger partial charge in [0, 0.05) is 0 Å². The van der Waals surface area contributed by atoms with Crippen molar-refractivity contribution in [1.82, 2.24) is 4.90 Å². The first-order chi connectivity index (χ1) is 9.70. The van der Waals surface area contributed by atoms with Gasteiger partial charge in [-0.25, -0.2) is 0 Å². The fourth-order valence-corrected chi connectivity index (χ4v) is 2.94. The topological polar surface area (TPSA) is 46.6 Å². The van der Waals surface area contributed by atoms with Crippen LogP contribution in [0.2, 0.25) is 0 Å². The summed E-state index contributed by atoms with van der Waals surface area (Å²) in [6.07, 6.45) is 5.38. The predicted octanol–water partition coefficient (Wildman–Crippen LogP) is 2.15. The normalized spacial score (nSPS) is 24.9. The van der Waals surface area contributed by atoms with Gasteiger partial charge in [-0.1, -0.05) is 24.3 Å². The Morgan fingerprint density at radius 1 is 1.05 bits per heavy atom. The second-order valence-corrected chi connectivity index (χ2v) is 5.27. The summed E-state index contributed by atoms with van der Waals surface area (Å²) in [5.41, 5.74) is 0.944. The molecule has 0 aromatic heterocycles. The molecule has 20 heavy (non-hydrogen) atoms. The molecular formula is C16H17NO3. The third kappa shape index (κ3) is 2.11. The van der Waals surface area contributed by atoms with E-state index in [0.717, 1.165) is 11.3 Å². The van der Waals surface area contributed by atoms with Crippen molar-refractivity contribution >= 4 is 11.8 Å². The van der Waals surface area contributed by atoms with Gasteiger partial charge in [0.2, 0.25) is 11.8 Å². The van der Waals surface area contributed by atoms with Crippen LogP contribution in [0, 0.1) is 11.8 Å². The first-order valence-electron chi connectivity index (χ1n) is 6.84. The molecule has 0 radical (unpaired) electrons. The number of rotatable bonds is 3. The second kappa shape index (κ2) is 5.12. The molecule has 4 nitrogen and oxygen atoms in total. The van der Waals surface area contributed by atoms with E-state index in [0.29, 0.717) is 19.4 Å². The zero-order valence-electron chi connectivity index (χ0n) is 11.4. The van der Waals surface area contributed by atoms with Crippen molar-refractivity contribution in [3.05, 3.63) is 42.0 Å². The van der Waals surface area contributed by atoms with Gasteiger partial charge in [0.15, 0.2) is 0 Å². The van der Waals surface area contributed by atoms with E-state index in [1.807, 2.05) is 36.4 Å². The molecule has 4 heteroatoms. The van der Waals surface area contributed by atoms with Crippen LogP contribution in [0.1, 0.15) is 18.4 Å².